The first-order valence-corrected chi connectivity index (χ1v) is 7.47. The maximum Gasteiger partial charge on any atom is 0.223 e. The van der Waals surface area contributed by atoms with E-state index in [1.807, 2.05) is 6.20 Å². The average Bonchev–Trinajstić information content (AvgIpc) is 2.92. The molecule has 1 saturated heterocycles. The molecule has 0 unspecified atom stereocenters. The molecule has 1 aliphatic rings. The van der Waals surface area contributed by atoms with Crippen molar-refractivity contribution in [3.8, 4) is 0 Å². The van der Waals surface area contributed by atoms with Gasteiger partial charge in [-0.2, -0.15) is 0 Å². The molecule has 1 aromatic carbocycles. The number of likely N-dealkylation sites (N-methyl/N-ethyl adjacent to an activating group) is 1. The molecule has 3 rings (SSSR count). The molecule has 4 heteroatoms. The summed E-state index contributed by atoms with van der Waals surface area (Å²) in [5.74, 6) is 0.740. The van der Waals surface area contributed by atoms with Crippen LogP contribution < -0.4 is 5.32 Å². The lowest BCUT2D eigenvalue weighted by Crippen LogP contribution is -2.34. The van der Waals surface area contributed by atoms with Crippen molar-refractivity contribution in [2.75, 3.05) is 25.0 Å². The Morgan fingerprint density at radius 2 is 2.30 bits per heavy atom. The SMILES string of the molecule is CCN1CCC[C@@H]1CNc1ncc2cc(C)ccc2n1. The fourth-order valence-electron chi connectivity index (χ4n) is 2.99. The van der Waals surface area contributed by atoms with E-state index in [9.17, 15) is 0 Å². The first kappa shape index (κ1) is 13.3. The van der Waals surface area contributed by atoms with Gasteiger partial charge in [0.2, 0.25) is 5.95 Å². The molecule has 106 valence electrons. The number of nitrogens with one attached hydrogen (secondary N) is 1. The van der Waals surface area contributed by atoms with Crippen LogP contribution in [0.25, 0.3) is 10.9 Å². The standard InChI is InChI=1S/C16H22N4/c1-3-20-8-4-5-14(20)11-18-16-17-10-13-9-12(2)6-7-15(13)19-16/h6-7,9-10,14H,3-5,8,11H2,1-2H3,(H,17,18,19)/t14-/m1/s1. The van der Waals surface area contributed by atoms with E-state index in [2.05, 4.69) is 52.2 Å². The van der Waals surface area contributed by atoms with Gasteiger partial charge in [-0.15, -0.1) is 0 Å². The quantitative estimate of drug-likeness (QED) is 0.927. The maximum absolute atomic E-state index is 4.59. The summed E-state index contributed by atoms with van der Waals surface area (Å²) in [6.45, 7) is 7.61. The maximum atomic E-state index is 4.59. The highest BCUT2D eigenvalue weighted by Crippen LogP contribution is 2.18. The third-order valence-electron chi connectivity index (χ3n) is 4.14. The summed E-state index contributed by atoms with van der Waals surface area (Å²) in [5, 5.41) is 4.50. The van der Waals surface area contributed by atoms with Crippen LogP contribution in [0.2, 0.25) is 0 Å². The van der Waals surface area contributed by atoms with Crippen molar-refractivity contribution in [1.29, 1.82) is 0 Å². The monoisotopic (exact) mass is 270 g/mol. The van der Waals surface area contributed by atoms with E-state index in [4.69, 9.17) is 0 Å². The Morgan fingerprint density at radius 1 is 1.40 bits per heavy atom. The van der Waals surface area contributed by atoms with Crippen LogP contribution in [0.15, 0.2) is 24.4 Å². The third-order valence-corrected chi connectivity index (χ3v) is 4.14. The summed E-state index contributed by atoms with van der Waals surface area (Å²) in [7, 11) is 0. The lowest BCUT2D eigenvalue weighted by atomic mass is 10.2. The van der Waals surface area contributed by atoms with Gasteiger partial charge in [0.05, 0.1) is 5.52 Å². The molecular weight excluding hydrogens is 248 g/mol. The number of rotatable bonds is 4. The molecule has 1 fully saturated rings. The van der Waals surface area contributed by atoms with E-state index < -0.39 is 0 Å². The number of benzene rings is 1. The van der Waals surface area contributed by atoms with E-state index in [1.54, 1.807) is 0 Å². The van der Waals surface area contributed by atoms with Gasteiger partial charge >= 0.3 is 0 Å². The minimum Gasteiger partial charge on any atom is -0.353 e. The Hall–Kier alpha value is -1.68. The molecule has 0 amide bonds. The molecule has 2 heterocycles. The van der Waals surface area contributed by atoms with Crippen molar-refractivity contribution < 1.29 is 0 Å². The average molecular weight is 270 g/mol. The van der Waals surface area contributed by atoms with Crippen molar-refractivity contribution in [2.45, 2.75) is 32.7 Å². The van der Waals surface area contributed by atoms with Crippen LogP contribution in [0.5, 0.6) is 0 Å². The Labute approximate surface area is 120 Å². The van der Waals surface area contributed by atoms with Gasteiger partial charge in [-0.3, -0.25) is 4.90 Å². The lowest BCUT2D eigenvalue weighted by molar-refractivity contribution is 0.277. The van der Waals surface area contributed by atoms with Gasteiger partial charge in [0.15, 0.2) is 0 Å². The number of aromatic nitrogens is 2. The van der Waals surface area contributed by atoms with Gasteiger partial charge in [-0.25, -0.2) is 9.97 Å². The molecule has 20 heavy (non-hydrogen) atoms. The summed E-state index contributed by atoms with van der Waals surface area (Å²) in [6, 6.07) is 6.90. The molecule has 0 saturated carbocycles. The zero-order chi connectivity index (χ0) is 13.9. The van der Waals surface area contributed by atoms with Crippen LogP contribution in [0, 0.1) is 6.92 Å². The van der Waals surface area contributed by atoms with Gasteiger partial charge in [0, 0.05) is 24.2 Å². The third kappa shape index (κ3) is 2.75. The first-order valence-electron chi connectivity index (χ1n) is 7.47. The van der Waals surface area contributed by atoms with Crippen molar-refractivity contribution >= 4 is 16.9 Å². The van der Waals surface area contributed by atoms with E-state index in [1.165, 1.54) is 24.9 Å². The van der Waals surface area contributed by atoms with Crippen molar-refractivity contribution in [1.82, 2.24) is 14.9 Å². The second-order valence-electron chi connectivity index (χ2n) is 5.56. The van der Waals surface area contributed by atoms with Crippen molar-refractivity contribution in [3.63, 3.8) is 0 Å². The van der Waals surface area contributed by atoms with Crippen LogP contribution >= 0.6 is 0 Å². The van der Waals surface area contributed by atoms with E-state index in [0.29, 0.717) is 6.04 Å². The van der Waals surface area contributed by atoms with E-state index in [-0.39, 0.29) is 0 Å². The highest BCUT2D eigenvalue weighted by Gasteiger charge is 2.22. The number of hydrogen-bond donors (Lipinski definition) is 1. The van der Waals surface area contributed by atoms with Crippen molar-refractivity contribution in [3.05, 3.63) is 30.0 Å². The van der Waals surface area contributed by atoms with Crippen LogP contribution in [0.4, 0.5) is 5.95 Å². The molecule has 0 spiro atoms. The predicted molar refractivity (Wildman–Crippen MR) is 83.0 cm³/mol. The molecule has 0 aliphatic carbocycles. The molecule has 1 atom stereocenters. The topological polar surface area (TPSA) is 41.0 Å². The summed E-state index contributed by atoms with van der Waals surface area (Å²) in [4.78, 5) is 11.5. The molecular formula is C16H22N4. The number of anilines is 1. The fourth-order valence-corrected chi connectivity index (χ4v) is 2.99. The van der Waals surface area contributed by atoms with Crippen LogP contribution in [-0.4, -0.2) is 40.5 Å². The van der Waals surface area contributed by atoms with Crippen molar-refractivity contribution in [2.24, 2.45) is 0 Å². The molecule has 0 radical (unpaired) electrons. The predicted octanol–water partition coefficient (Wildman–Crippen LogP) is 2.83. The Bertz CT molecular complexity index is 596. The normalized spacial score (nSPS) is 19.6. The van der Waals surface area contributed by atoms with Crippen LogP contribution in [0.1, 0.15) is 25.3 Å². The molecule has 0 bridgehead atoms. The van der Waals surface area contributed by atoms with Crippen LogP contribution in [0.3, 0.4) is 0 Å². The Kier molecular flexibility index (Phi) is 3.83. The minimum absolute atomic E-state index is 0.623. The highest BCUT2D eigenvalue weighted by atomic mass is 15.2. The summed E-state index contributed by atoms with van der Waals surface area (Å²) >= 11 is 0. The molecule has 1 N–H and O–H groups in total. The van der Waals surface area contributed by atoms with Gasteiger partial charge in [0.1, 0.15) is 0 Å². The molecule has 1 aliphatic heterocycles. The Balaban J connectivity index is 1.70. The largest absolute Gasteiger partial charge is 0.353 e. The summed E-state index contributed by atoms with van der Waals surface area (Å²) < 4.78 is 0. The number of likely N-dealkylation sites (tertiary alicyclic amines) is 1. The number of hydrogen-bond acceptors (Lipinski definition) is 4. The number of nitrogens with zero attached hydrogens (tertiary/aromatic N) is 3. The smallest absolute Gasteiger partial charge is 0.223 e. The van der Waals surface area contributed by atoms with Gasteiger partial charge in [0.25, 0.3) is 0 Å². The van der Waals surface area contributed by atoms with Crippen LogP contribution in [-0.2, 0) is 0 Å². The lowest BCUT2D eigenvalue weighted by Gasteiger charge is -2.22. The summed E-state index contributed by atoms with van der Waals surface area (Å²) in [6.07, 6.45) is 4.48. The fraction of sp³-hybridized carbons (Fsp3) is 0.500. The summed E-state index contributed by atoms with van der Waals surface area (Å²) in [5.41, 5.74) is 2.25. The number of aryl methyl sites for hydroxylation is 1. The van der Waals surface area contributed by atoms with E-state index >= 15 is 0 Å². The second-order valence-corrected chi connectivity index (χ2v) is 5.56. The molecule has 4 nitrogen and oxygen atoms in total. The van der Waals surface area contributed by atoms with Gasteiger partial charge < -0.3 is 5.32 Å². The zero-order valence-electron chi connectivity index (χ0n) is 12.3. The van der Waals surface area contributed by atoms with Gasteiger partial charge in [-0.05, 0) is 45.0 Å². The minimum atomic E-state index is 0.623. The number of fused-ring (bicyclic) bond motifs is 1. The Morgan fingerprint density at radius 3 is 3.15 bits per heavy atom. The van der Waals surface area contributed by atoms with E-state index in [0.717, 1.165) is 29.9 Å². The second kappa shape index (κ2) is 5.75. The molecule has 2 aromatic rings. The molecule has 1 aromatic heterocycles. The highest BCUT2D eigenvalue weighted by molar-refractivity contribution is 5.79. The first-order chi connectivity index (χ1) is 9.76. The zero-order valence-corrected chi connectivity index (χ0v) is 12.3. The van der Waals surface area contributed by atoms with Gasteiger partial charge in [-0.1, -0.05) is 18.6 Å².